The van der Waals surface area contributed by atoms with E-state index in [1.807, 2.05) is 0 Å². The zero-order valence-electron chi connectivity index (χ0n) is 9.87. The highest BCUT2D eigenvalue weighted by molar-refractivity contribution is 7.89. The first-order chi connectivity index (χ1) is 8.99. The monoisotopic (exact) mass is 330 g/mol. The number of hydrogen-bond donors (Lipinski definition) is 2. The molecular formula is C10H10ClF3N2O3S. The SMILES string of the molecule is NS(=O)(=O)c1ccc(Cl)c(NC(=O)CCC(F)(F)F)c1. The molecule has 20 heavy (non-hydrogen) atoms. The van der Waals surface area contributed by atoms with Crippen LogP contribution >= 0.6 is 11.6 Å². The summed E-state index contributed by atoms with van der Waals surface area (Å²) in [4.78, 5) is 11.0. The van der Waals surface area contributed by atoms with Gasteiger partial charge in [-0.1, -0.05) is 11.6 Å². The van der Waals surface area contributed by atoms with Crippen LogP contribution < -0.4 is 10.5 Å². The van der Waals surface area contributed by atoms with E-state index < -0.39 is 34.9 Å². The Balaban J connectivity index is 2.85. The Kier molecular flexibility index (Phi) is 5.00. The van der Waals surface area contributed by atoms with E-state index in [0.29, 0.717) is 0 Å². The van der Waals surface area contributed by atoms with Crippen LogP contribution in [0.1, 0.15) is 12.8 Å². The van der Waals surface area contributed by atoms with Crippen LogP contribution in [0.3, 0.4) is 0 Å². The van der Waals surface area contributed by atoms with Crippen LogP contribution in [-0.2, 0) is 14.8 Å². The van der Waals surface area contributed by atoms with Crippen LogP contribution in [0.4, 0.5) is 18.9 Å². The molecule has 0 saturated carbocycles. The molecule has 0 atom stereocenters. The van der Waals surface area contributed by atoms with Crippen molar-refractivity contribution in [1.82, 2.24) is 0 Å². The van der Waals surface area contributed by atoms with Crippen LogP contribution in [-0.4, -0.2) is 20.5 Å². The Morgan fingerprint density at radius 2 is 1.95 bits per heavy atom. The summed E-state index contributed by atoms with van der Waals surface area (Å²) in [6.45, 7) is 0. The van der Waals surface area contributed by atoms with Crippen molar-refractivity contribution >= 4 is 33.2 Å². The lowest BCUT2D eigenvalue weighted by Crippen LogP contribution is -2.17. The number of sulfonamides is 1. The average molecular weight is 331 g/mol. The third-order valence-electron chi connectivity index (χ3n) is 2.18. The molecule has 1 rings (SSSR count). The topological polar surface area (TPSA) is 89.3 Å². The summed E-state index contributed by atoms with van der Waals surface area (Å²) in [5.41, 5.74) is -0.120. The zero-order valence-corrected chi connectivity index (χ0v) is 11.4. The summed E-state index contributed by atoms with van der Waals surface area (Å²) in [6.07, 6.45) is -6.53. The van der Waals surface area contributed by atoms with E-state index in [-0.39, 0.29) is 15.6 Å². The molecule has 0 aliphatic carbocycles. The van der Waals surface area contributed by atoms with E-state index in [9.17, 15) is 26.4 Å². The first kappa shape index (κ1) is 16.7. The molecule has 112 valence electrons. The summed E-state index contributed by atoms with van der Waals surface area (Å²) in [5.74, 6) is -0.934. The average Bonchev–Trinajstić information content (AvgIpc) is 2.27. The van der Waals surface area contributed by atoms with E-state index in [4.69, 9.17) is 16.7 Å². The van der Waals surface area contributed by atoms with Crippen LogP contribution in [0, 0.1) is 0 Å². The molecule has 1 amide bonds. The molecule has 1 aromatic carbocycles. The van der Waals surface area contributed by atoms with Gasteiger partial charge in [-0.05, 0) is 18.2 Å². The van der Waals surface area contributed by atoms with Gasteiger partial charge in [0.15, 0.2) is 0 Å². The maximum atomic E-state index is 12.0. The van der Waals surface area contributed by atoms with Gasteiger partial charge in [0, 0.05) is 6.42 Å². The molecule has 0 saturated heterocycles. The van der Waals surface area contributed by atoms with Crippen LogP contribution in [0.2, 0.25) is 5.02 Å². The number of carbonyl (C=O) groups excluding carboxylic acids is 1. The van der Waals surface area contributed by atoms with Gasteiger partial charge in [-0.2, -0.15) is 13.2 Å². The van der Waals surface area contributed by atoms with Crippen molar-refractivity contribution in [3.63, 3.8) is 0 Å². The maximum absolute atomic E-state index is 12.0. The van der Waals surface area contributed by atoms with Crippen molar-refractivity contribution in [2.75, 3.05) is 5.32 Å². The first-order valence-corrected chi connectivity index (χ1v) is 7.10. The van der Waals surface area contributed by atoms with E-state index in [1.54, 1.807) is 0 Å². The molecule has 0 unspecified atom stereocenters. The van der Waals surface area contributed by atoms with Crippen molar-refractivity contribution in [3.8, 4) is 0 Å². The lowest BCUT2D eigenvalue weighted by Gasteiger charge is -2.10. The highest BCUT2D eigenvalue weighted by atomic mass is 35.5. The molecule has 0 aliphatic rings. The molecular weight excluding hydrogens is 321 g/mol. The number of nitrogens with two attached hydrogens (primary N) is 1. The minimum atomic E-state index is -4.45. The highest BCUT2D eigenvalue weighted by Crippen LogP contribution is 2.26. The van der Waals surface area contributed by atoms with Crippen LogP contribution in [0.5, 0.6) is 0 Å². The lowest BCUT2D eigenvalue weighted by atomic mass is 10.2. The molecule has 0 bridgehead atoms. The summed E-state index contributed by atoms with van der Waals surface area (Å²) in [6, 6.07) is 3.26. The largest absolute Gasteiger partial charge is 0.389 e. The fraction of sp³-hybridized carbons (Fsp3) is 0.300. The minimum absolute atomic E-state index is 0.0160. The van der Waals surface area contributed by atoms with Gasteiger partial charge in [0.25, 0.3) is 0 Å². The molecule has 5 nitrogen and oxygen atoms in total. The number of alkyl halides is 3. The number of amides is 1. The van der Waals surface area contributed by atoms with Crippen LogP contribution in [0.25, 0.3) is 0 Å². The Labute approximate surface area is 118 Å². The Morgan fingerprint density at radius 1 is 1.35 bits per heavy atom. The van der Waals surface area contributed by atoms with Gasteiger partial charge in [0.2, 0.25) is 15.9 Å². The summed E-state index contributed by atoms with van der Waals surface area (Å²) >= 11 is 5.71. The zero-order chi connectivity index (χ0) is 15.6. The third-order valence-corrected chi connectivity index (χ3v) is 3.42. The number of benzene rings is 1. The van der Waals surface area contributed by atoms with Gasteiger partial charge in [-0.25, -0.2) is 13.6 Å². The van der Waals surface area contributed by atoms with E-state index in [2.05, 4.69) is 5.32 Å². The quantitative estimate of drug-likeness (QED) is 0.887. The van der Waals surface area contributed by atoms with E-state index in [1.165, 1.54) is 6.07 Å². The molecule has 0 spiro atoms. The first-order valence-electron chi connectivity index (χ1n) is 5.18. The Bertz CT molecular complexity index is 617. The number of rotatable bonds is 4. The molecule has 1 aromatic rings. The third kappa shape index (κ3) is 5.35. The fourth-order valence-corrected chi connectivity index (χ4v) is 1.95. The van der Waals surface area contributed by atoms with Gasteiger partial charge in [0.05, 0.1) is 22.0 Å². The van der Waals surface area contributed by atoms with Gasteiger partial charge in [0.1, 0.15) is 0 Å². The molecule has 10 heteroatoms. The fourth-order valence-electron chi connectivity index (χ4n) is 1.25. The lowest BCUT2D eigenvalue weighted by molar-refractivity contribution is -0.142. The van der Waals surface area contributed by atoms with Crippen molar-refractivity contribution in [2.45, 2.75) is 23.9 Å². The number of halogens is 4. The second kappa shape index (κ2) is 5.98. The highest BCUT2D eigenvalue weighted by Gasteiger charge is 2.28. The molecule has 3 N–H and O–H groups in total. The maximum Gasteiger partial charge on any atom is 0.389 e. The Morgan fingerprint density at radius 3 is 2.45 bits per heavy atom. The van der Waals surface area contributed by atoms with Gasteiger partial charge in [-0.3, -0.25) is 4.79 Å². The minimum Gasteiger partial charge on any atom is -0.325 e. The van der Waals surface area contributed by atoms with Gasteiger partial charge < -0.3 is 5.32 Å². The van der Waals surface area contributed by atoms with E-state index in [0.717, 1.165) is 12.1 Å². The Hall–Kier alpha value is -1.32. The molecule has 0 aromatic heterocycles. The van der Waals surface area contributed by atoms with E-state index >= 15 is 0 Å². The summed E-state index contributed by atoms with van der Waals surface area (Å²) in [7, 11) is -4.00. The predicted octanol–water partition coefficient (Wildman–Crippen LogP) is 2.27. The normalized spacial score (nSPS) is 12.2. The van der Waals surface area contributed by atoms with Crippen LogP contribution in [0.15, 0.2) is 23.1 Å². The second-order valence-corrected chi connectivity index (χ2v) is 5.82. The molecule has 0 heterocycles. The number of primary sulfonamides is 1. The molecule has 0 aliphatic heterocycles. The summed E-state index contributed by atoms with van der Waals surface area (Å²) in [5, 5.41) is 6.98. The predicted molar refractivity (Wildman–Crippen MR) is 66.7 cm³/mol. The summed E-state index contributed by atoms with van der Waals surface area (Å²) < 4.78 is 58.1. The number of nitrogens with one attached hydrogen (secondary N) is 1. The molecule has 0 radical (unpaired) electrons. The van der Waals surface area contributed by atoms with Gasteiger partial charge >= 0.3 is 6.18 Å². The van der Waals surface area contributed by atoms with Crippen molar-refractivity contribution < 1.29 is 26.4 Å². The molecule has 0 fully saturated rings. The van der Waals surface area contributed by atoms with Crippen molar-refractivity contribution in [2.24, 2.45) is 5.14 Å². The van der Waals surface area contributed by atoms with Crippen molar-refractivity contribution in [3.05, 3.63) is 23.2 Å². The number of anilines is 1. The van der Waals surface area contributed by atoms with Gasteiger partial charge in [-0.15, -0.1) is 0 Å². The standard InChI is InChI=1S/C10H10ClF3N2O3S/c11-7-2-1-6(20(15,18)19)5-8(7)16-9(17)3-4-10(12,13)14/h1-2,5H,3-4H2,(H,16,17)(H2,15,18,19). The smallest absolute Gasteiger partial charge is 0.325 e. The number of hydrogen-bond acceptors (Lipinski definition) is 3. The number of carbonyl (C=O) groups is 1. The van der Waals surface area contributed by atoms with Crippen molar-refractivity contribution in [1.29, 1.82) is 0 Å². The second-order valence-electron chi connectivity index (χ2n) is 3.85.